The number of rotatable bonds is 4. The van der Waals surface area contributed by atoms with Crippen molar-refractivity contribution in [3.63, 3.8) is 0 Å². The van der Waals surface area contributed by atoms with Crippen LogP contribution in [0.1, 0.15) is 42.5 Å². The van der Waals surface area contributed by atoms with Crippen LogP contribution >= 0.6 is 0 Å². The van der Waals surface area contributed by atoms with E-state index in [9.17, 15) is 13.6 Å². The van der Waals surface area contributed by atoms with E-state index in [4.69, 9.17) is 4.42 Å². The lowest BCUT2D eigenvalue weighted by atomic mass is 9.90. The van der Waals surface area contributed by atoms with E-state index in [0.29, 0.717) is 12.1 Å². The van der Waals surface area contributed by atoms with E-state index in [1.165, 1.54) is 0 Å². The molecule has 0 unspecified atom stereocenters. The largest absolute Gasteiger partial charge is 0.464 e. The Balaban J connectivity index is 1.18. The van der Waals surface area contributed by atoms with Crippen LogP contribution in [0.2, 0.25) is 0 Å². The number of hydrogen-bond acceptors (Lipinski definition) is 4. The van der Waals surface area contributed by atoms with Crippen LogP contribution in [0, 0.1) is 0 Å². The average Bonchev–Trinajstić information content (AvgIpc) is 3.40. The van der Waals surface area contributed by atoms with Gasteiger partial charge in [-0.3, -0.25) is 14.7 Å². The van der Waals surface area contributed by atoms with Crippen molar-refractivity contribution < 1.29 is 18.0 Å². The Morgan fingerprint density at radius 3 is 2.58 bits per heavy atom. The summed E-state index contributed by atoms with van der Waals surface area (Å²) < 4.78 is 32.4. The molecule has 3 aromatic rings. The molecule has 2 aromatic heterocycles. The number of fused-ring (bicyclic) bond motifs is 1. The summed E-state index contributed by atoms with van der Waals surface area (Å²) in [5.74, 6) is -2.65. The van der Waals surface area contributed by atoms with E-state index >= 15 is 0 Å². The van der Waals surface area contributed by atoms with Crippen LogP contribution in [0.3, 0.4) is 0 Å². The highest BCUT2D eigenvalue weighted by Gasteiger charge is 2.41. The summed E-state index contributed by atoms with van der Waals surface area (Å²) in [6.45, 7) is 0.352. The predicted molar refractivity (Wildman–Crippen MR) is 114 cm³/mol. The Morgan fingerprint density at radius 2 is 1.87 bits per heavy atom. The van der Waals surface area contributed by atoms with Crippen molar-refractivity contribution in [2.45, 2.75) is 50.1 Å². The molecule has 1 aliphatic heterocycles. The van der Waals surface area contributed by atoms with Gasteiger partial charge in [0.2, 0.25) is 0 Å². The highest BCUT2D eigenvalue weighted by Crippen LogP contribution is 2.33. The Labute approximate surface area is 179 Å². The third-order valence-electron chi connectivity index (χ3n) is 6.55. The van der Waals surface area contributed by atoms with Gasteiger partial charge in [-0.25, -0.2) is 8.78 Å². The zero-order valence-electron chi connectivity index (χ0n) is 17.2. The van der Waals surface area contributed by atoms with E-state index in [-0.39, 0.29) is 31.0 Å². The number of alkyl halides is 2. The van der Waals surface area contributed by atoms with Crippen molar-refractivity contribution in [2.24, 2.45) is 0 Å². The van der Waals surface area contributed by atoms with Crippen molar-refractivity contribution in [3.05, 3.63) is 54.4 Å². The zero-order valence-corrected chi connectivity index (χ0v) is 17.2. The van der Waals surface area contributed by atoms with Gasteiger partial charge in [-0.15, -0.1) is 0 Å². The second kappa shape index (κ2) is 8.04. The Hall–Kier alpha value is -2.80. The molecule has 31 heavy (non-hydrogen) atoms. The molecule has 5 nitrogen and oxygen atoms in total. The van der Waals surface area contributed by atoms with Gasteiger partial charge in [0, 0.05) is 47.8 Å². The number of aromatic nitrogens is 1. The van der Waals surface area contributed by atoms with Gasteiger partial charge in [0.1, 0.15) is 5.58 Å². The number of benzene rings is 1. The lowest BCUT2D eigenvalue weighted by molar-refractivity contribution is 0.00505. The summed E-state index contributed by atoms with van der Waals surface area (Å²) in [4.78, 5) is 19.1. The molecule has 0 atom stereocenters. The van der Waals surface area contributed by atoms with Crippen LogP contribution in [0.5, 0.6) is 0 Å². The molecule has 0 bridgehead atoms. The van der Waals surface area contributed by atoms with Crippen LogP contribution in [0.25, 0.3) is 22.2 Å². The van der Waals surface area contributed by atoms with Crippen LogP contribution in [0.4, 0.5) is 8.78 Å². The van der Waals surface area contributed by atoms with Gasteiger partial charge in [0.05, 0.1) is 18.5 Å². The van der Waals surface area contributed by atoms with Crippen molar-refractivity contribution >= 4 is 16.9 Å². The minimum absolute atomic E-state index is 0.0374. The smallest absolute Gasteiger partial charge is 0.261 e. The van der Waals surface area contributed by atoms with Gasteiger partial charge >= 0.3 is 0 Å². The maximum Gasteiger partial charge on any atom is 0.261 e. The number of amides is 1. The number of pyridine rings is 1. The van der Waals surface area contributed by atoms with Gasteiger partial charge < -0.3 is 9.73 Å². The molecule has 0 spiro atoms. The Kier molecular flexibility index (Phi) is 5.22. The summed E-state index contributed by atoms with van der Waals surface area (Å²) in [6.07, 6.45) is 6.65. The second-order valence-corrected chi connectivity index (χ2v) is 8.62. The lowest BCUT2D eigenvalue weighted by Gasteiger charge is -2.34. The van der Waals surface area contributed by atoms with E-state index < -0.39 is 5.92 Å². The first-order valence-corrected chi connectivity index (χ1v) is 10.8. The van der Waals surface area contributed by atoms with E-state index in [0.717, 1.165) is 47.9 Å². The van der Waals surface area contributed by atoms with Gasteiger partial charge in [0.25, 0.3) is 11.8 Å². The van der Waals surface area contributed by atoms with Crippen molar-refractivity contribution in [1.29, 1.82) is 0 Å². The fourth-order valence-corrected chi connectivity index (χ4v) is 4.83. The standard InChI is InChI=1S/C24H25F2N3O2/c25-24(26)11-13-29(15-24)19-7-5-18(6-8-19)28-23(30)17-3-1-16(2-4-17)22-20-10-14-31-21(20)9-12-27-22/h1-4,9-10,12,14,18-19H,5-8,11,13,15H2,(H,28,30). The SMILES string of the molecule is O=C(NC1CCC(N2CCC(F)(F)C2)CC1)c1ccc(-c2nccc3occc23)cc1. The Morgan fingerprint density at radius 1 is 1.10 bits per heavy atom. The lowest BCUT2D eigenvalue weighted by Crippen LogP contribution is -2.43. The molecule has 1 aliphatic carbocycles. The first kappa shape index (κ1) is 20.1. The topological polar surface area (TPSA) is 58.4 Å². The van der Waals surface area contributed by atoms with Crippen molar-refractivity contribution in [2.75, 3.05) is 13.1 Å². The predicted octanol–water partition coefficient (Wildman–Crippen LogP) is 4.88. The van der Waals surface area contributed by atoms with Crippen LogP contribution < -0.4 is 5.32 Å². The third-order valence-corrected chi connectivity index (χ3v) is 6.55. The van der Waals surface area contributed by atoms with E-state index in [1.807, 2.05) is 41.3 Å². The average molecular weight is 425 g/mol. The minimum atomic E-state index is -2.55. The number of nitrogens with zero attached hydrogens (tertiary/aromatic N) is 2. The van der Waals surface area contributed by atoms with Crippen molar-refractivity contribution in [1.82, 2.24) is 15.2 Å². The summed E-state index contributed by atoms with van der Waals surface area (Å²) in [5, 5.41) is 4.05. The normalized spacial score (nSPS) is 23.8. The molecule has 7 heteroatoms. The first-order valence-electron chi connectivity index (χ1n) is 10.8. The quantitative estimate of drug-likeness (QED) is 0.648. The molecule has 1 aromatic carbocycles. The summed E-state index contributed by atoms with van der Waals surface area (Å²) in [6, 6.07) is 11.4. The number of likely N-dealkylation sites (tertiary alicyclic amines) is 1. The molecule has 3 heterocycles. The molecule has 1 N–H and O–H groups in total. The number of nitrogens with one attached hydrogen (secondary N) is 1. The number of carbonyl (C=O) groups is 1. The van der Waals surface area contributed by atoms with Gasteiger partial charge in [-0.2, -0.15) is 0 Å². The molecule has 162 valence electrons. The molecule has 1 saturated heterocycles. The monoisotopic (exact) mass is 425 g/mol. The fraction of sp³-hybridized carbons (Fsp3) is 0.417. The summed E-state index contributed by atoms with van der Waals surface area (Å²) >= 11 is 0. The maximum absolute atomic E-state index is 13.5. The summed E-state index contributed by atoms with van der Waals surface area (Å²) in [5.41, 5.74) is 3.12. The molecule has 2 aliphatic rings. The van der Waals surface area contributed by atoms with Gasteiger partial charge in [-0.05, 0) is 49.9 Å². The highest BCUT2D eigenvalue weighted by molar-refractivity contribution is 5.96. The number of carbonyl (C=O) groups excluding carboxylic acids is 1. The molecule has 0 radical (unpaired) electrons. The number of hydrogen-bond donors (Lipinski definition) is 1. The molecule has 1 saturated carbocycles. The molecule has 2 fully saturated rings. The Bertz CT molecular complexity index is 1070. The van der Waals surface area contributed by atoms with Crippen LogP contribution in [0.15, 0.2) is 53.3 Å². The van der Waals surface area contributed by atoms with Gasteiger partial charge in [0.15, 0.2) is 0 Å². The van der Waals surface area contributed by atoms with E-state index in [1.54, 1.807) is 12.5 Å². The minimum Gasteiger partial charge on any atom is -0.464 e. The number of halogens is 2. The molecular formula is C24H25F2N3O2. The second-order valence-electron chi connectivity index (χ2n) is 8.62. The van der Waals surface area contributed by atoms with Gasteiger partial charge in [-0.1, -0.05) is 12.1 Å². The van der Waals surface area contributed by atoms with Crippen LogP contribution in [-0.4, -0.2) is 46.9 Å². The molecule has 1 amide bonds. The third kappa shape index (κ3) is 4.19. The maximum atomic E-state index is 13.5. The van der Waals surface area contributed by atoms with E-state index in [2.05, 4.69) is 10.3 Å². The van der Waals surface area contributed by atoms with Crippen molar-refractivity contribution in [3.8, 4) is 11.3 Å². The fourth-order valence-electron chi connectivity index (χ4n) is 4.83. The summed E-state index contributed by atoms with van der Waals surface area (Å²) in [7, 11) is 0. The highest BCUT2D eigenvalue weighted by atomic mass is 19.3. The molecular weight excluding hydrogens is 400 g/mol. The number of furan rings is 1. The zero-order chi connectivity index (χ0) is 21.4. The first-order chi connectivity index (χ1) is 15.0. The molecule has 5 rings (SSSR count). The van der Waals surface area contributed by atoms with Crippen LogP contribution in [-0.2, 0) is 0 Å².